The Morgan fingerprint density at radius 1 is 1.58 bits per heavy atom. The Kier molecular flexibility index (Phi) is 5.19. The van der Waals surface area contributed by atoms with Crippen molar-refractivity contribution in [2.45, 2.75) is 44.2 Å². The van der Waals surface area contributed by atoms with Crippen molar-refractivity contribution in [3.8, 4) is 0 Å². The standard InChI is InChI=1S/C14H27N3O2/c1-3-5-14(6-4-7-16-14)13(18)15-10-12-11-17(2)8-9-19-12/h12,16H,3-11H2,1-2H3,(H,15,18). The topological polar surface area (TPSA) is 53.6 Å². The van der Waals surface area contributed by atoms with E-state index in [0.29, 0.717) is 6.54 Å². The molecule has 2 rings (SSSR count). The van der Waals surface area contributed by atoms with Gasteiger partial charge in [0.2, 0.25) is 5.91 Å². The van der Waals surface area contributed by atoms with Crippen molar-refractivity contribution in [3.63, 3.8) is 0 Å². The minimum atomic E-state index is -0.324. The van der Waals surface area contributed by atoms with Gasteiger partial charge in [-0.1, -0.05) is 13.3 Å². The second kappa shape index (κ2) is 6.68. The molecule has 5 nitrogen and oxygen atoms in total. The van der Waals surface area contributed by atoms with E-state index < -0.39 is 0 Å². The van der Waals surface area contributed by atoms with E-state index in [2.05, 4.69) is 29.5 Å². The molecule has 2 N–H and O–H groups in total. The highest BCUT2D eigenvalue weighted by atomic mass is 16.5. The molecule has 0 aromatic heterocycles. The predicted octanol–water partition coefficient (Wildman–Crippen LogP) is 0.356. The van der Waals surface area contributed by atoms with E-state index in [4.69, 9.17) is 4.74 Å². The lowest BCUT2D eigenvalue weighted by Gasteiger charge is -2.32. The molecule has 2 atom stereocenters. The van der Waals surface area contributed by atoms with E-state index in [1.807, 2.05) is 0 Å². The second-order valence-electron chi connectivity index (χ2n) is 5.83. The van der Waals surface area contributed by atoms with Crippen molar-refractivity contribution in [1.82, 2.24) is 15.5 Å². The zero-order valence-electron chi connectivity index (χ0n) is 12.2. The predicted molar refractivity (Wildman–Crippen MR) is 75.1 cm³/mol. The van der Waals surface area contributed by atoms with Gasteiger partial charge in [-0.3, -0.25) is 4.79 Å². The van der Waals surface area contributed by atoms with Gasteiger partial charge in [-0.25, -0.2) is 0 Å². The minimum absolute atomic E-state index is 0.128. The molecular weight excluding hydrogens is 242 g/mol. The number of rotatable bonds is 5. The highest BCUT2D eigenvalue weighted by Crippen LogP contribution is 2.24. The van der Waals surface area contributed by atoms with Crippen molar-refractivity contribution < 1.29 is 9.53 Å². The number of carbonyl (C=O) groups excluding carboxylic acids is 1. The highest BCUT2D eigenvalue weighted by Gasteiger charge is 2.39. The van der Waals surface area contributed by atoms with Crippen LogP contribution in [-0.2, 0) is 9.53 Å². The Balaban J connectivity index is 1.82. The van der Waals surface area contributed by atoms with Gasteiger partial charge < -0.3 is 20.3 Å². The van der Waals surface area contributed by atoms with Crippen molar-refractivity contribution in [2.75, 3.05) is 39.8 Å². The first kappa shape index (κ1) is 14.8. The molecule has 19 heavy (non-hydrogen) atoms. The van der Waals surface area contributed by atoms with Crippen molar-refractivity contribution in [2.24, 2.45) is 0 Å². The second-order valence-corrected chi connectivity index (χ2v) is 5.83. The molecule has 0 aliphatic carbocycles. The lowest BCUT2D eigenvalue weighted by atomic mass is 9.91. The molecule has 0 radical (unpaired) electrons. The first-order valence-electron chi connectivity index (χ1n) is 7.50. The average Bonchev–Trinajstić information content (AvgIpc) is 2.86. The molecular formula is C14H27N3O2. The first-order valence-corrected chi connectivity index (χ1v) is 7.50. The van der Waals surface area contributed by atoms with Gasteiger partial charge in [-0.15, -0.1) is 0 Å². The van der Waals surface area contributed by atoms with Crippen LogP contribution in [0.2, 0.25) is 0 Å². The van der Waals surface area contributed by atoms with Gasteiger partial charge in [0.15, 0.2) is 0 Å². The molecule has 1 amide bonds. The Labute approximate surface area is 116 Å². The van der Waals surface area contributed by atoms with Gasteiger partial charge in [0.1, 0.15) is 0 Å². The summed E-state index contributed by atoms with van der Waals surface area (Å²) in [5.41, 5.74) is -0.324. The van der Waals surface area contributed by atoms with E-state index in [9.17, 15) is 4.79 Å². The van der Waals surface area contributed by atoms with E-state index in [1.54, 1.807) is 0 Å². The summed E-state index contributed by atoms with van der Waals surface area (Å²) in [5, 5.41) is 6.49. The number of nitrogens with one attached hydrogen (secondary N) is 2. The van der Waals surface area contributed by atoms with Crippen molar-refractivity contribution in [1.29, 1.82) is 0 Å². The van der Waals surface area contributed by atoms with E-state index in [1.165, 1.54) is 0 Å². The van der Waals surface area contributed by atoms with E-state index in [-0.39, 0.29) is 17.6 Å². The molecule has 0 saturated carbocycles. The number of amides is 1. The number of nitrogens with zero attached hydrogens (tertiary/aromatic N) is 1. The number of hydrogen-bond acceptors (Lipinski definition) is 4. The SMILES string of the molecule is CCCC1(C(=O)NCC2CN(C)CCO2)CCCN1. The zero-order valence-corrected chi connectivity index (χ0v) is 12.2. The Bertz CT molecular complexity index is 303. The molecule has 0 bridgehead atoms. The van der Waals surface area contributed by atoms with Crippen LogP contribution in [0, 0.1) is 0 Å². The van der Waals surface area contributed by atoms with Crippen LogP contribution in [0.15, 0.2) is 0 Å². The maximum atomic E-state index is 12.4. The van der Waals surface area contributed by atoms with Crippen LogP contribution in [0.4, 0.5) is 0 Å². The molecule has 0 spiro atoms. The van der Waals surface area contributed by atoms with Crippen LogP contribution < -0.4 is 10.6 Å². The molecule has 2 unspecified atom stereocenters. The fraction of sp³-hybridized carbons (Fsp3) is 0.929. The smallest absolute Gasteiger partial charge is 0.240 e. The molecule has 2 fully saturated rings. The summed E-state index contributed by atoms with van der Waals surface area (Å²) in [5.74, 6) is 0.156. The van der Waals surface area contributed by atoms with Gasteiger partial charge in [0, 0.05) is 19.6 Å². The third kappa shape index (κ3) is 3.68. The van der Waals surface area contributed by atoms with Crippen molar-refractivity contribution >= 4 is 5.91 Å². The fourth-order valence-corrected chi connectivity index (χ4v) is 3.12. The number of ether oxygens (including phenoxy) is 1. The monoisotopic (exact) mass is 269 g/mol. The largest absolute Gasteiger partial charge is 0.374 e. The Morgan fingerprint density at radius 3 is 3.05 bits per heavy atom. The van der Waals surface area contributed by atoms with Gasteiger partial charge in [0.25, 0.3) is 0 Å². The molecule has 2 heterocycles. The first-order chi connectivity index (χ1) is 9.16. The van der Waals surface area contributed by atoms with Crippen LogP contribution >= 0.6 is 0 Å². The normalized spacial score (nSPS) is 32.4. The maximum Gasteiger partial charge on any atom is 0.240 e. The molecule has 2 saturated heterocycles. The summed E-state index contributed by atoms with van der Waals surface area (Å²) in [6, 6.07) is 0. The van der Waals surface area contributed by atoms with E-state index >= 15 is 0 Å². The lowest BCUT2D eigenvalue weighted by Crippen LogP contribution is -2.56. The van der Waals surface area contributed by atoms with Crippen LogP contribution in [0.5, 0.6) is 0 Å². The molecule has 2 aliphatic rings. The summed E-state index contributed by atoms with van der Waals surface area (Å²) >= 11 is 0. The number of hydrogen-bond donors (Lipinski definition) is 2. The summed E-state index contributed by atoms with van der Waals surface area (Å²) in [7, 11) is 2.09. The fourth-order valence-electron chi connectivity index (χ4n) is 3.12. The highest BCUT2D eigenvalue weighted by molar-refractivity contribution is 5.86. The van der Waals surface area contributed by atoms with Crippen LogP contribution in [-0.4, -0.2) is 62.3 Å². The molecule has 2 aliphatic heterocycles. The summed E-state index contributed by atoms with van der Waals surface area (Å²) in [6.45, 7) is 6.34. The van der Waals surface area contributed by atoms with E-state index in [0.717, 1.165) is 51.9 Å². The molecule has 0 aromatic rings. The van der Waals surface area contributed by atoms with Crippen LogP contribution in [0.25, 0.3) is 0 Å². The van der Waals surface area contributed by atoms with Crippen LogP contribution in [0.1, 0.15) is 32.6 Å². The van der Waals surface area contributed by atoms with Crippen LogP contribution in [0.3, 0.4) is 0 Å². The quantitative estimate of drug-likeness (QED) is 0.756. The minimum Gasteiger partial charge on any atom is -0.374 e. The average molecular weight is 269 g/mol. The zero-order chi connectivity index (χ0) is 13.7. The Hall–Kier alpha value is -0.650. The van der Waals surface area contributed by atoms with Gasteiger partial charge >= 0.3 is 0 Å². The molecule has 110 valence electrons. The molecule has 5 heteroatoms. The van der Waals surface area contributed by atoms with Crippen molar-refractivity contribution in [3.05, 3.63) is 0 Å². The molecule has 0 aromatic carbocycles. The van der Waals surface area contributed by atoms with Gasteiger partial charge in [-0.2, -0.15) is 0 Å². The van der Waals surface area contributed by atoms with Gasteiger partial charge in [0.05, 0.1) is 18.2 Å². The summed E-state index contributed by atoms with van der Waals surface area (Å²) in [4.78, 5) is 14.7. The Morgan fingerprint density at radius 2 is 2.42 bits per heavy atom. The number of likely N-dealkylation sites (N-methyl/N-ethyl adjacent to an activating group) is 1. The summed E-state index contributed by atoms with van der Waals surface area (Å²) in [6.07, 6.45) is 4.13. The lowest BCUT2D eigenvalue weighted by molar-refractivity contribution is -0.128. The number of carbonyl (C=O) groups is 1. The summed E-state index contributed by atoms with van der Waals surface area (Å²) < 4.78 is 5.68. The van der Waals surface area contributed by atoms with Gasteiger partial charge in [-0.05, 0) is 32.9 Å². The third-order valence-corrected chi connectivity index (χ3v) is 4.19. The number of morpholine rings is 1. The maximum absolute atomic E-state index is 12.4. The third-order valence-electron chi connectivity index (χ3n) is 4.19.